The van der Waals surface area contributed by atoms with Gasteiger partial charge in [0.15, 0.2) is 5.78 Å². The molecule has 2 heterocycles. The fourth-order valence-electron chi connectivity index (χ4n) is 5.05. The lowest BCUT2D eigenvalue weighted by Gasteiger charge is -2.32. The molecule has 1 saturated heterocycles. The molecule has 5 nitrogen and oxygen atoms in total. The van der Waals surface area contributed by atoms with Gasteiger partial charge in [-0.3, -0.25) is 9.59 Å². The highest BCUT2D eigenvalue weighted by Crippen LogP contribution is 2.27. The number of likely N-dealkylation sites (tertiary alicyclic amines) is 1. The molecule has 0 spiro atoms. The minimum Gasteiger partial charge on any atom is -0.497 e. The highest BCUT2D eigenvalue weighted by Gasteiger charge is 2.28. The molecule has 34 heavy (non-hydrogen) atoms. The number of nitrogens with zero attached hydrogens (tertiary/aromatic N) is 2. The molecule has 2 aliphatic heterocycles. The molecule has 0 bridgehead atoms. The molecule has 5 heteroatoms. The first-order valence-electron chi connectivity index (χ1n) is 12.0. The van der Waals surface area contributed by atoms with E-state index in [-0.39, 0.29) is 17.6 Å². The number of amides is 1. The first kappa shape index (κ1) is 22.2. The molecule has 3 aromatic rings. The monoisotopic (exact) mass is 454 g/mol. The highest BCUT2D eigenvalue weighted by atomic mass is 16.5. The van der Waals surface area contributed by atoms with Crippen molar-refractivity contribution in [2.24, 2.45) is 5.92 Å². The van der Waals surface area contributed by atoms with Crippen LogP contribution < -0.4 is 9.64 Å². The number of carbonyl (C=O) groups excluding carboxylic acids is 2. The number of carbonyl (C=O) groups is 2. The average molecular weight is 455 g/mol. The van der Waals surface area contributed by atoms with Crippen molar-refractivity contribution in [1.82, 2.24) is 4.90 Å². The third-order valence-electron chi connectivity index (χ3n) is 7.14. The topological polar surface area (TPSA) is 49.9 Å². The quantitative estimate of drug-likeness (QED) is 0.510. The van der Waals surface area contributed by atoms with Crippen LogP contribution in [0.5, 0.6) is 5.75 Å². The van der Waals surface area contributed by atoms with Gasteiger partial charge in [-0.1, -0.05) is 24.3 Å². The van der Waals surface area contributed by atoms with Gasteiger partial charge in [0.2, 0.25) is 0 Å². The second-order valence-electron chi connectivity index (χ2n) is 9.15. The second-order valence-corrected chi connectivity index (χ2v) is 9.15. The molecular weight excluding hydrogens is 424 g/mol. The number of ketones is 1. The lowest BCUT2D eigenvalue weighted by Crippen LogP contribution is -2.40. The Morgan fingerprint density at radius 2 is 1.44 bits per heavy atom. The van der Waals surface area contributed by atoms with E-state index in [1.165, 1.54) is 11.1 Å². The number of ether oxygens (including phenoxy) is 1. The SMILES string of the molecule is COc1ccc(C(=O)C2CCN(C(=O)c3ccc(N4CCc5ccccc5C4)cc3)CC2)cc1. The van der Waals surface area contributed by atoms with Crippen LogP contribution in [0.15, 0.2) is 72.8 Å². The lowest BCUT2D eigenvalue weighted by atomic mass is 9.88. The van der Waals surface area contributed by atoms with Crippen molar-refractivity contribution < 1.29 is 14.3 Å². The zero-order valence-electron chi connectivity index (χ0n) is 19.6. The number of fused-ring (bicyclic) bond motifs is 1. The Morgan fingerprint density at radius 3 is 2.12 bits per heavy atom. The van der Waals surface area contributed by atoms with E-state index >= 15 is 0 Å². The van der Waals surface area contributed by atoms with E-state index in [1.54, 1.807) is 7.11 Å². The Hall–Kier alpha value is -3.60. The summed E-state index contributed by atoms with van der Waals surface area (Å²) in [4.78, 5) is 30.2. The van der Waals surface area contributed by atoms with Gasteiger partial charge in [0.25, 0.3) is 5.91 Å². The van der Waals surface area contributed by atoms with Crippen LogP contribution in [0.1, 0.15) is 44.7 Å². The number of piperidine rings is 1. The third kappa shape index (κ3) is 4.56. The third-order valence-corrected chi connectivity index (χ3v) is 7.14. The van der Waals surface area contributed by atoms with Crippen molar-refractivity contribution in [1.29, 1.82) is 0 Å². The predicted octanol–water partition coefficient (Wildman–Crippen LogP) is 4.99. The van der Waals surface area contributed by atoms with Crippen molar-refractivity contribution in [3.63, 3.8) is 0 Å². The van der Waals surface area contributed by atoms with Crippen LogP contribution in [0.4, 0.5) is 5.69 Å². The van der Waals surface area contributed by atoms with Crippen LogP contribution in [0.2, 0.25) is 0 Å². The number of Topliss-reactive ketones (excluding diaryl/α,β-unsaturated/α-hetero) is 1. The number of benzene rings is 3. The van der Waals surface area contributed by atoms with Gasteiger partial charge in [-0.25, -0.2) is 0 Å². The van der Waals surface area contributed by atoms with Gasteiger partial charge in [0.1, 0.15) is 5.75 Å². The van der Waals surface area contributed by atoms with E-state index in [4.69, 9.17) is 4.74 Å². The molecule has 5 rings (SSSR count). The van der Waals surface area contributed by atoms with Crippen LogP contribution >= 0.6 is 0 Å². The summed E-state index contributed by atoms with van der Waals surface area (Å²) in [5.74, 6) is 0.906. The number of methoxy groups -OCH3 is 1. The van der Waals surface area contributed by atoms with E-state index in [0.717, 1.165) is 30.9 Å². The standard InChI is InChI=1S/C29H30N2O3/c1-34-27-12-8-22(9-13-27)28(32)23-15-17-30(18-16-23)29(33)24-6-10-26(11-7-24)31-19-14-21-4-2-3-5-25(21)20-31/h2-13,23H,14-20H2,1H3. The molecule has 0 aliphatic carbocycles. The van der Waals surface area contributed by atoms with Crippen LogP contribution in [-0.2, 0) is 13.0 Å². The zero-order valence-corrected chi connectivity index (χ0v) is 19.6. The van der Waals surface area contributed by atoms with E-state index in [1.807, 2.05) is 41.3 Å². The van der Waals surface area contributed by atoms with Gasteiger partial charge >= 0.3 is 0 Å². The van der Waals surface area contributed by atoms with Crippen LogP contribution in [0, 0.1) is 5.92 Å². The van der Waals surface area contributed by atoms with Crippen molar-refractivity contribution in [2.75, 3.05) is 31.6 Å². The molecule has 0 atom stereocenters. The Bertz CT molecular complexity index is 1160. The van der Waals surface area contributed by atoms with E-state index in [9.17, 15) is 9.59 Å². The van der Waals surface area contributed by atoms with Crippen molar-refractivity contribution >= 4 is 17.4 Å². The maximum Gasteiger partial charge on any atom is 0.253 e. The largest absolute Gasteiger partial charge is 0.497 e. The summed E-state index contributed by atoms with van der Waals surface area (Å²) in [5.41, 5.74) is 5.37. The number of rotatable bonds is 5. The van der Waals surface area contributed by atoms with Gasteiger partial charge in [-0.2, -0.15) is 0 Å². The molecule has 1 fully saturated rings. The van der Waals surface area contributed by atoms with Crippen LogP contribution in [0.25, 0.3) is 0 Å². The summed E-state index contributed by atoms with van der Waals surface area (Å²) in [5, 5.41) is 0. The minimum absolute atomic E-state index is 0.0400. The van der Waals surface area contributed by atoms with Crippen molar-refractivity contribution in [3.8, 4) is 5.75 Å². The summed E-state index contributed by atoms with van der Waals surface area (Å²) >= 11 is 0. The van der Waals surface area contributed by atoms with Crippen LogP contribution in [0.3, 0.4) is 0 Å². The number of hydrogen-bond acceptors (Lipinski definition) is 4. The zero-order chi connectivity index (χ0) is 23.5. The fraction of sp³-hybridized carbons (Fsp3) is 0.310. The Labute approximate surface area is 201 Å². The molecule has 0 aromatic heterocycles. The molecule has 174 valence electrons. The first-order chi connectivity index (χ1) is 16.6. The summed E-state index contributed by atoms with van der Waals surface area (Å²) in [6, 6.07) is 23.9. The number of hydrogen-bond donors (Lipinski definition) is 0. The molecule has 0 radical (unpaired) electrons. The van der Waals surface area contributed by atoms with E-state index in [0.29, 0.717) is 37.1 Å². The highest BCUT2D eigenvalue weighted by molar-refractivity contribution is 5.98. The minimum atomic E-state index is -0.0400. The summed E-state index contributed by atoms with van der Waals surface area (Å²) in [6.45, 7) is 3.10. The average Bonchev–Trinajstić information content (AvgIpc) is 2.92. The summed E-state index contributed by atoms with van der Waals surface area (Å²) in [7, 11) is 1.61. The van der Waals surface area contributed by atoms with Gasteiger partial charge in [0, 0.05) is 48.9 Å². The van der Waals surface area contributed by atoms with Gasteiger partial charge in [-0.15, -0.1) is 0 Å². The van der Waals surface area contributed by atoms with Crippen molar-refractivity contribution in [3.05, 3.63) is 95.1 Å². The second kappa shape index (κ2) is 9.72. The van der Waals surface area contributed by atoms with Gasteiger partial charge < -0.3 is 14.5 Å². The van der Waals surface area contributed by atoms with Gasteiger partial charge in [0.05, 0.1) is 7.11 Å². The summed E-state index contributed by atoms with van der Waals surface area (Å²) < 4.78 is 5.17. The van der Waals surface area contributed by atoms with Gasteiger partial charge in [-0.05, 0) is 78.9 Å². The molecule has 0 saturated carbocycles. The summed E-state index contributed by atoms with van der Waals surface area (Å²) in [6.07, 6.45) is 2.44. The molecular formula is C29H30N2O3. The predicted molar refractivity (Wildman–Crippen MR) is 134 cm³/mol. The Kier molecular flexibility index (Phi) is 6.35. The first-order valence-corrected chi connectivity index (χ1v) is 12.0. The van der Waals surface area contributed by atoms with Crippen LogP contribution in [-0.4, -0.2) is 43.3 Å². The van der Waals surface area contributed by atoms with Crippen molar-refractivity contribution in [2.45, 2.75) is 25.8 Å². The lowest BCUT2D eigenvalue weighted by molar-refractivity contribution is 0.0650. The molecule has 3 aromatic carbocycles. The maximum absolute atomic E-state index is 13.1. The van der Waals surface area contributed by atoms with E-state index < -0.39 is 0 Å². The fourth-order valence-corrected chi connectivity index (χ4v) is 5.05. The molecule has 1 amide bonds. The number of anilines is 1. The maximum atomic E-state index is 13.1. The Morgan fingerprint density at radius 1 is 0.794 bits per heavy atom. The smallest absolute Gasteiger partial charge is 0.253 e. The molecule has 0 N–H and O–H groups in total. The normalized spacial score (nSPS) is 16.1. The Balaban J connectivity index is 1.17. The molecule has 0 unspecified atom stereocenters. The van der Waals surface area contributed by atoms with E-state index in [2.05, 4.69) is 41.3 Å². The molecule has 2 aliphatic rings.